The molecule has 1 atom stereocenters. The molecule has 0 aromatic carbocycles. The van der Waals surface area contributed by atoms with Gasteiger partial charge in [0.2, 0.25) is 11.0 Å². The number of piperidine rings is 1. The Balaban J connectivity index is 0.00000176. The molecular formula is C13H20ClN3O4S. The summed E-state index contributed by atoms with van der Waals surface area (Å²) in [5, 5.41) is 3.00. The van der Waals surface area contributed by atoms with Crippen LogP contribution in [0, 0.1) is 0 Å². The molecule has 7 nitrogen and oxygen atoms in total. The zero-order valence-corrected chi connectivity index (χ0v) is 13.7. The van der Waals surface area contributed by atoms with Gasteiger partial charge in [0, 0.05) is 32.2 Å². The van der Waals surface area contributed by atoms with E-state index in [1.54, 1.807) is 11.0 Å². The van der Waals surface area contributed by atoms with Crippen molar-refractivity contribution in [2.45, 2.75) is 24.0 Å². The lowest BCUT2D eigenvalue weighted by molar-refractivity contribution is -0.135. The largest absolute Gasteiger partial charge is 0.452 e. The molecule has 1 unspecified atom stereocenters. The Kier molecular flexibility index (Phi) is 5.49. The van der Waals surface area contributed by atoms with Gasteiger partial charge in [-0.3, -0.25) is 4.79 Å². The van der Waals surface area contributed by atoms with Crippen LogP contribution in [0.4, 0.5) is 0 Å². The third kappa shape index (κ3) is 3.29. The van der Waals surface area contributed by atoms with E-state index < -0.39 is 10.0 Å². The van der Waals surface area contributed by atoms with Gasteiger partial charge in [0.15, 0.2) is 0 Å². The normalized spacial score (nSPS) is 24.1. The van der Waals surface area contributed by atoms with Crippen LogP contribution in [0.25, 0.3) is 0 Å². The Morgan fingerprint density at radius 3 is 2.82 bits per heavy atom. The first-order valence-corrected chi connectivity index (χ1v) is 8.57. The molecule has 2 fully saturated rings. The minimum absolute atomic E-state index is 0. The standard InChI is InChI=1S/C13H19N3O4S.ClH/c17-12-9-14-5-7-16(12)11-3-1-6-15(10-11)21(18,19)13-4-2-8-20-13;/h2,4,8,11,14H,1,3,5-7,9-10H2;1H. The second-order valence-electron chi connectivity index (χ2n) is 5.36. The molecule has 3 rings (SSSR count). The molecule has 3 heterocycles. The van der Waals surface area contributed by atoms with Crippen molar-refractivity contribution in [1.82, 2.24) is 14.5 Å². The number of furan rings is 1. The Labute approximate surface area is 136 Å². The summed E-state index contributed by atoms with van der Waals surface area (Å²) in [6, 6.07) is 2.97. The summed E-state index contributed by atoms with van der Waals surface area (Å²) >= 11 is 0. The van der Waals surface area contributed by atoms with Gasteiger partial charge in [-0.1, -0.05) is 0 Å². The Morgan fingerprint density at radius 2 is 2.14 bits per heavy atom. The van der Waals surface area contributed by atoms with Crippen LogP contribution in [0.15, 0.2) is 27.9 Å². The van der Waals surface area contributed by atoms with E-state index in [1.807, 2.05) is 0 Å². The summed E-state index contributed by atoms with van der Waals surface area (Å²) in [6.07, 6.45) is 2.95. The lowest BCUT2D eigenvalue weighted by Crippen LogP contribution is -2.57. The number of nitrogens with zero attached hydrogens (tertiary/aromatic N) is 2. The fraction of sp³-hybridized carbons (Fsp3) is 0.615. The van der Waals surface area contributed by atoms with Crippen LogP contribution in [0.2, 0.25) is 0 Å². The number of amides is 1. The van der Waals surface area contributed by atoms with Crippen molar-refractivity contribution >= 4 is 28.3 Å². The Bertz CT molecular complexity index is 605. The van der Waals surface area contributed by atoms with Gasteiger partial charge in [-0.25, -0.2) is 8.42 Å². The van der Waals surface area contributed by atoms with Gasteiger partial charge in [-0.2, -0.15) is 4.31 Å². The molecule has 0 saturated carbocycles. The Morgan fingerprint density at radius 1 is 1.32 bits per heavy atom. The van der Waals surface area contributed by atoms with Gasteiger partial charge >= 0.3 is 0 Å². The molecule has 2 aliphatic rings. The maximum Gasteiger partial charge on any atom is 0.276 e. The van der Waals surface area contributed by atoms with Crippen molar-refractivity contribution in [3.8, 4) is 0 Å². The summed E-state index contributed by atoms with van der Waals surface area (Å²) < 4.78 is 31.4. The minimum Gasteiger partial charge on any atom is -0.452 e. The first kappa shape index (κ1) is 17.3. The topological polar surface area (TPSA) is 82.9 Å². The molecule has 1 N–H and O–H groups in total. The molecule has 0 aliphatic carbocycles. The average Bonchev–Trinajstić information content (AvgIpc) is 3.03. The molecular weight excluding hydrogens is 330 g/mol. The number of carbonyl (C=O) groups is 1. The number of halogens is 1. The third-order valence-electron chi connectivity index (χ3n) is 4.02. The molecule has 9 heteroatoms. The van der Waals surface area contributed by atoms with Crippen molar-refractivity contribution in [3.05, 3.63) is 18.4 Å². The SMILES string of the molecule is Cl.O=C1CNCCN1C1CCCN(S(=O)(=O)c2ccco2)C1. The molecule has 1 aromatic rings. The van der Waals surface area contributed by atoms with Gasteiger partial charge in [0.05, 0.1) is 12.8 Å². The highest BCUT2D eigenvalue weighted by atomic mass is 35.5. The van der Waals surface area contributed by atoms with Crippen LogP contribution in [0.5, 0.6) is 0 Å². The van der Waals surface area contributed by atoms with Crippen LogP contribution in [0.3, 0.4) is 0 Å². The highest BCUT2D eigenvalue weighted by Crippen LogP contribution is 2.23. The summed E-state index contributed by atoms with van der Waals surface area (Å²) in [5.74, 6) is 0.0449. The smallest absolute Gasteiger partial charge is 0.276 e. The molecule has 1 aromatic heterocycles. The predicted molar refractivity (Wildman–Crippen MR) is 82.3 cm³/mol. The fourth-order valence-corrected chi connectivity index (χ4v) is 4.36. The first-order valence-electron chi connectivity index (χ1n) is 7.13. The summed E-state index contributed by atoms with van der Waals surface area (Å²) in [5.41, 5.74) is 0. The van der Waals surface area contributed by atoms with E-state index in [0.29, 0.717) is 26.2 Å². The van der Waals surface area contributed by atoms with E-state index in [-0.39, 0.29) is 29.4 Å². The lowest BCUT2D eigenvalue weighted by atomic mass is 10.1. The fourth-order valence-electron chi connectivity index (χ4n) is 2.94. The van der Waals surface area contributed by atoms with Crippen LogP contribution in [-0.2, 0) is 14.8 Å². The highest BCUT2D eigenvalue weighted by Gasteiger charge is 2.36. The number of rotatable bonds is 3. The number of hydrogen-bond acceptors (Lipinski definition) is 5. The molecule has 2 saturated heterocycles. The number of nitrogens with one attached hydrogen (secondary N) is 1. The van der Waals surface area contributed by atoms with Crippen molar-refractivity contribution in [2.24, 2.45) is 0 Å². The lowest BCUT2D eigenvalue weighted by Gasteiger charge is -2.40. The van der Waals surface area contributed by atoms with Crippen LogP contribution in [-0.4, -0.2) is 62.3 Å². The van der Waals surface area contributed by atoms with Gasteiger partial charge in [-0.05, 0) is 25.0 Å². The van der Waals surface area contributed by atoms with E-state index in [4.69, 9.17) is 4.42 Å². The minimum atomic E-state index is -3.59. The van der Waals surface area contributed by atoms with Crippen LogP contribution >= 0.6 is 12.4 Å². The summed E-state index contributed by atoms with van der Waals surface area (Å²) in [7, 11) is -3.59. The Hall–Kier alpha value is -1.09. The molecule has 124 valence electrons. The van der Waals surface area contributed by atoms with E-state index in [0.717, 1.165) is 19.4 Å². The monoisotopic (exact) mass is 349 g/mol. The number of piperazine rings is 1. The van der Waals surface area contributed by atoms with Crippen molar-refractivity contribution < 1.29 is 17.6 Å². The van der Waals surface area contributed by atoms with E-state index >= 15 is 0 Å². The van der Waals surface area contributed by atoms with Gasteiger partial charge in [-0.15, -0.1) is 12.4 Å². The number of carbonyl (C=O) groups excluding carboxylic acids is 1. The predicted octanol–water partition coefficient (Wildman–Crippen LogP) is 0.286. The molecule has 0 spiro atoms. The first-order chi connectivity index (χ1) is 10.1. The van der Waals surface area contributed by atoms with Gasteiger partial charge < -0.3 is 14.6 Å². The summed E-state index contributed by atoms with van der Waals surface area (Å²) in [4.78, 5) is 13.8. The second-order valence-corrected chi connectivity index (χ2v) is 7.22. The van der Waals surface area contributed by atoms with Crippen molar-refractivity contribution in [3.63, 3.8) is 0 Å². The van der Waals surface area contributed by atoms with Gasteiger partial charge in [0.25, 0.3) is 10.0 Å². The maximum atomic E-state index is 12.5. The van der Waals surface area contributed by atoms with Gasteiger partial charge in [0.1, 0.15) is 0 Å². The van der Waals surface area contributed by atoms with E-state index in [1.165, 1.54) is 16.6 Å². The van der Waals surface area contributed by atoms with Crippen molar-refractivity contribution in [1.29, 1.82) is 0 Å². The van der Waals surface area contributed by atoms with E-state index in [9.17, 15) is 13.2 Å². The zero-order valence-electron chi connectivity index (χ0n) is 12.1. The van der Waals surface area contributed by atoms with Crippen LogP contribution < -0.4 is 5.32 Å². The maximum absolute atomic E-state index is 12.5. The third-order valence-corrected chi connectivity index (χ3v) is 5.77. The van der Waals surface area contributed by atoms with Crippen LogP contribution in [0.1, 0.15) is 12.8 Å². The van der Waals surface area contributed by atoms with Crippen molar-refractivity contribution in [2.75, 3.05) is 32.7 Å². The average molecular weight is 350 g/mol. The molecule has 2 aliphatic heterocycles. The molecule has 22 heavy (non-hydrogen) atoms. The van der Waals surface area contributed by atoms with E-state index in [2.05, 4.69) is 5.32 Å². The molecule has 0 bridgehead atoms. The quantitative estimate of drug-likeness (QED) is 0.848. The molecule has 0 radical (unpaired) electrons. The molecule has 1 amide bonds. The highest BCUT2D eigenvalue weighted by molar-refractivity contribution is 7.89. The second kappa shape index (κ2) is 6.99. The summed E-state index contributed by atoms with van der Waals surface area (Å²) in [6.45, 7) is 2.54. The number of hydrogen-bond donors (Lipinski definition) is 1. The zero-order chi connectivity index (χ0) is 14.9. The number of sulfonamides is 1.